The van der Waals surface area contributed by atoms with E-state index in [0.717, 1.165) is 0 Å². The highest BCUT2D eigenvalue weighted by Crippen LogP contribution is 1.96. The van der Waals surface area contributed by atoms with E-state index in [1.165, 1.54) is 0 Å². The van der Waals surface area contributed by atoms with Crippen molar-refractivity contribution in [3.63, 3.8) is 0 Å². The quantitative estimate of drug-likeness (QED) is 0.878. The van der Waals surface area contributed by atoms with Crippen molar-refractivity contribution in [1.82, 2.24) is 0 Å². The van der Waals surface area contributed by atoms with Crippen molar-refractivity contribution in [2.75, 3.05) is 0 Å². The minimum atomic E-state index is -0.879. The smallest absolute Gasteiger partial charge is 0.335 e. The molecule has 0 aliphatic rings. The number of carbonyl (C=O) groups excluding carboxylic acids is 1. The zero-order valence-corrected chi connectivity index (χ0v) is 10.6. The van der Waals surface area contributed by atoms with E-state index < -0.39 is 11.9 Å². The van der Waals surface area contributed by atoms with Crippen LogP contribution in [-0.2, 0) is 4.79 Å². The summed E-state index contributed by atoms with van der Waals surface area (Å²) < 4.78 is 0. The number of rotatable bonds is 2. The van der Waals surface area contributed by atoms with Gasteiger partial charge in [-0.2, -0.15) is 0 Å². The van der Waals surface area contributed by atoms with E-state index >= 15 is 0 Å². The summed E-state index contributed by atoms with van der Waals surface area (Å²) >= 11 is 0. The number of aromatic carboxylic acids is 2. The minimum absolute atomic E-state index is 0.331. The Labute approximate surface area is 116 Å². The maximum atomic E-state index is 10.2. The summed E-state index contributed by atoms with van der Waals surface area (Å²) in [5, 5.41) is 16.8. The van der Waals surface area contributed by atoms with Gasteiger partial charge in [0.05, 0.1) is 11.1 Å². The van der Waals surface area contributed by atoms with E-state index in [1.54, 1.807) is 60.7 Å². The number of hydrogen-bond donors (Lipinski definition) is 2. The lowest BCUT2D eigenvalue weighted by Gasteiger charge is -1.88. The van der Waals surface area contributed by atoms with Gasteiger partial charge >= 0.3 is 11.9 Å². The first kappa shape index (κ1) is 17.1. The topological polar surface area (TPSA) is 91.7 Å². The number of carbonyl (C=O) groups is 3. The monoisotopic (exact) mass is 274 g/mol. The number of benzene rings is 2. The van der Waals surface area contributed by atoms with Gasteiger partial charge < -0.3 is 15.0 Å². The molecule has 2 aromatic rings. The second-order valence-electron chi connectivity index (χ2n) is 3.34. The zero-order valence-electron chi connectivity index (χ0n) is 10.6. The van der Waals surface area contributed by atoms with Crippen molar-refractivity contribution in [2.24, 2.45) is 0 Å². The van der Waals surface area contributed by atoms with E-state index in [4.69, 9.17) is 15.0 Å². The molecular weight excluding hydrogens is 260 g/mol. The molecule has 0 saturated heterocycles. The summed E-state index contributed by atoms with van der Waals surface area (Å²) in [7, 11) is 0. The van der Waals surface area contributed by atoms with Gasteiger partial charge in [-0.05, 0) is 24.3 Å². The molecule has 2 N–H and O–H groups in total. The first-order chi connectivity index (χ1) is 9.61. The van der Waals surface area contributed by atoms with Crippen molar-refractivity contribution < 1.29 is 24.6 Å². The molecule has 5 heteroatoms. The van der Waals surface area contributed by atoms with Crippen molar-refractivity contribution in [2.45, 2.75) is 0 Å². The van der Waals surface area contributed by atoms with Crippen LogP contribution in [0.2, 0.25) is 0 Å². The van der Waals surface area contributed by atoms with E-state index in [-0.39, 0.29) is 0 Å². The second-order valence-corrected chi connectivity index (χ2v) is 3.34. The van der Waals surface area contributed by atoms with Crippen LogP contribution in [0, 0.1) is 0 Å². The van der Waals surface area contributed by atoms with Gasteiger partial charge in [-0.25, -0.2) is 9.59 Å². The van der Waals surface area contributed by atoms with Gasteiger partial charge in [-0.1, -0.05) is 36.4 Å². The van der Waals surface area contributed by atoms with Crippen molar-refractivity contribution in [3.8, 4) is 0 Å². The maximum absolute atomic E-state index is 10.2. The van der Waals surface area contributed by atoms with E-state index in [0.29, 0.717) is 11.1 Å². The van der Waals surface area contributed by atoms with Gasteiger partial charge in [0.25, 0.3) is 0 Å². The second kappa shape index (κ2) is 10.0. The molecule has 20 heavy (non-hydrogen) atoms. The lowest BCUT2D eigenvalue weighted by Crippen LogP contribution is -1.93. The van der Waals surface area contributed by atoms with E-state index in [1.807, 2.05) is 6.79 Å². The molecule has 0 aliphatic carbocycles. The average Bonchev–Trinajstić information content (AvgIpc) is 2.51. The van der Waals surface area contributed by atoms with Crippen LogP contribution in [0.4, 0.5) is 0 Å². The molecule has 2 rings (SSSR count). The van der Waals surface area contributed by atoms with Gasteiger partial charge in [0.2, 0.25) is 0 Å². The first-order valence-electron chi connectivity index (χ1n) is 5.47. The third-order valence-corrected chi connectivity index (χ3v) is 2.04. The normalized spacial score (nSPS) is 8.20. The summed E-state index contributed by atoms with van der Waals surface area (Å²) in [4.78, 5) is 28.4. The lowest BCUT2D eigenvalue weighted by atomic mass is 10.2. The molecule has 0 heterocycles. The SMILES string of the molecule is C=O.O=C(O)c1ccccc1.O=C(O)c1ccccc1. The molecule has 0 fully saturated rings. The highest BCUT2D eigenvalue weighted by Gasteiger charge is 1.97. The third-order valence-electron chi connectivity index (χ3n) is 2.04. The van der Waals surface area contributed by atoms with Crippen LogP contribution in [0.1, 0.15) is 20.7 Å². The zero-order chi connectivity index (χ0) is 15.4. The van der Waals surface area contributed by atoms with Crippen molar-refractivity contribution in [1.29, 1.82) is 0 Å². The fourth-order valence-electron chi connectivity index (χ4n) is 1.16. The Morgan fingerprint density at radius 1 is 0.650 bits per heavy atom. The highest BCUT2D eigenvalue weighted by atomic mass is 16.4. The van der Waals surface area contributed by atoms with Crippen molar-refractivity contribution in [3.05, 3.63) is 71.8 Å². The molecule has 0 bridgehead atoms. The molecule has 104 valence electrons. The van der Waals surface area contributed by atoms with Gasteiger partial charge in [0.1, 0.15) is 6.79 Å². The molecule has 0 radical (unpaired) electrons. The number of carboxylic acid groups (broad SMARTS) is 2. The standard InChI is InChI=1S/2C7H6O2.CH2O/c2*8-7(9)6-4-2-1-3-5-6;1-2/h2*1-5H,(H,8,9);1H2. The van der Waals surface area contributed by atoms with Crippen LogP contribution in [0.25, 0.3) is 0 Å². The molecule has 0 amide bonds. The van der Waals surface area contributed by atoms with Gasteiger partial charge in [0.15, 0.2) is 0 Å². The molecule has 0 saturated carbocycles. The third kappa shape index (κ3) is 6.70. The average molecular weight is 274 g/mol. The molecule has 2 aromatic carbocycles. The van der Waals surface area contributed by atoms with E-state index in [9.17, 15) is 9.59 Å². The van der Waals surface area contributed by atoms with Crippen LogP contribution >= 0.6 is 0 Å². The van der Waals surface area contributed by atoms with E-state index in [2.05, 4.69) is 0 Å². The van der Waals surface area contributed by atoms with Crippen molar-refractivity contribution >= 4 is 18.7 Å². The molecular formula is C15H14O5. The number of carboxylic acids is 2. The Morgan fingerprint density at radius 2 is 0.900 bits per heavy atom. The largest absolute Gasteiger partial charge is 0.478 e. The van der Waals surface area contributed by atoms with Crippen LogP contribution < -0.4 is 0 Å². The van der Waals surface area contributed by atoms with Gasteiger partial charge in [-0.15, -0.1) is 0 Å². The summed E-state index contributed by atoms with van der Waals surface area (Å²) in [5.41, 5.74) is 0.662. The maximum Gasteiger partial charge on any atom is 0.335 e. The molecule has 0 aromatic heterocycles. The predicted octanol–water partition coefficient (Wildman–Crippen LogP) is 2.58. The van der Waals surface area contributed by atoms with Crippen LogP contribution in [-0.4, -0.2) is 28.9 Å². The Morgan fingerprint density at radius 3 is 1.05 bits per heavy atom. The predicted molar refractivity (Wildman–Crippen MR) is 73.9 cm³/mol. The Hall–Kier alpha value is -2.95. The van der Waals surface area contributed by atoms with Gasteiger partial charge in [0, 0.05) is 0 Å². The summed E-state index contributed by atoms with van der Waals surface area (Å²) in [6.45, 7) is 2.00. The lowest BCUT2D eigenvalue weighted by molar-refractivity contribution is -0.0980. The number of hydrogen-bond acceptors (Lipinski definition) is 3. The highest BCUT2D eigenvalue weighted by molar-refractivity contribution is 5.87. The summed E-state index contributed by atoms with van der Waals surface area (Å²) in [6.07, 6.45) is 0. The van der Waals surface area contributed by atoms with Crippen LogP contribution in [0.3, 0.4) is 0 Å². The Bertz CT molecular complexity index is 473. The van der Waals surface area contributed by atoms with Crippen LogP contribution in [0.15, 0.2) is 60.7 Å². The first-order valence-corrected chi connectivity index (χ1v) is 5.47. The summed E-state index contributed by atoms with van der Waals surface area (Å²) in [5.74, 6) is -1.76. The molecule has 0 spiro atoms. The molecule has 0 unspecified atom stereocenters. The molecule has 5 nitrogen and oxygen atoms in total. The Kier molecular flexibility index (Phi) is 8.54. The summed E-state index contributed by atoms with van der Waals surface area (Å²) in [6, 6.07) is 16.6. The fraction of sp³-hybridized carbons (Fsp3) is 0. The fourth-order valence-corrected chi connectivity index (χ4v) is 1.16. The minimum Gasteiger partial charge on any atom is -0.478 e. The molecule has 0 atom stereocenters. The molecule has 0 aliphatic heterocycles. The van der Waals surface area contributed by atoms with Gasteiger partial charge in [-0.3, -0.25) is 0 Å². The Balaban J connectivity index is 0.000000321. The van der Waals surface area contributed by atoms with Crippen LogP contribution in [0.5, 0.6) is 0 Å².